The summed E-state index contributed by atoms with van der Waals surface area (Å²) in [6, 6.07) is 1.28. The van der Waals surface area contributed by atoms with Crippen LogP contribution in [0.25, 0.3) is 0 Å². The van der Waals surface area contributed by atoms with Gasteiger partial charge in [0, 0.05) is 6.07 Å². The first-order valence-corrected chi connectivity index (χ1v) is 4.04. The number of phenols is 1. The Balaban J connectivity index is 3.29. The predicted octanol–water partition coefficient (Wildman–Crippen LogP) is 2.63. The van der Waals surface area contributed by atoms with Gasteiger partial charge in [-0.2, -0.15) is 13.2 Å². The van der Waals surface area contributed by atoms with Crippen LogP contribution >= 0.6 is 11.6 Å². The van der Waals surface area contributed by atoms with Gasteiger partial charge in [0.15, 0.2) is 0 Å². The van der Waals surface area contributed by atoms with Gasteiger partial charge in [0.1, 0.15) is 5.75 Å². The Morgan fingerprint density at radius 1 is 1.40 bits per heavy atom. The zero-order valence-electron chi connectivity index (χ0n) is 7.10. The van der Waals surface area contributed by atoms with E-state index in [1.165, 1.54) is 0 Å². The largest absolute Gasteiger partial charge is 0.506 e. The zero-order valence-corrected chi connectivity index (χ0v) is 7.86. The first-order chi connectivity index (χ1) is 6.86. The normalized spacial score (nSPS) is 11.2. The van der Waals surface area contributed by atoms with Gasteiger partial charge in [-0.1, -0.05) is 11.6 Å². The van der Waals surface area contributed by atoms with E-state index in [2.05, 4.69) is 0 Å². The topological polar surface area (TPSA) is 49.3 Å². The molecule has 7 heteroatoms. The summed E-state index contributed by atoms with van der Waals surface area (Å²) < 4.78 is 37.0. The predicted molar refractivity (Wildman–Crippen MR) is 47.8 cm³/mol. The Morgan fingerprint density at radius 3 is 2.47 bits per heavy atom. The van der Waals surface area contributed by atoms with Crippen molar-refractivity contribution >= 4 is 23.7 Å². The van der Waals surface area contributed by atoms with Gasteiger partial charge in [0.25, 0.3) is 0 Å². The number of anilines is 1. The van der Waals surface area contributed by atoms with Crippen LogP contribution < -0.4 is 5.32 Å². The van der Waals surface area contributed by atoms with Crippen molar-refractivity contribution < 1.29 is 23.1 Å². The van der Waals surface area contributed by atoms with Crippen molar-refractivity contribution in [3.63, 3.8) is 0 Å². The van der Waals surface area contributed by atoms with E-state index in [-0.39, 0.29) is 12.1 Å². The van der Waals surface area contributed by atoms with E-state index in [1.807, 2.05) is 5.32 Å². The van der Waals surface area contributed by atoms with Crippen LogP contribution in [0.15, 0.2) is 12.1 Å². The second-order valence-electron chi connectivity index (χ2n) is 2.61. The Morgan fingerprint density at radius 2 is 2.00 bits per heavy atom. The molecule has 0 aliphatic carbocycles. The molecule has 0 saturated carbocycles. The summed E-state index contributed by atoms with van der Waals surface area (Å²) in [5, 5.41) is 10.4. The van der Waals surface area contributed by atoms with Gasteiger partial charge in [0.05, 0.1) is 16.3 Å². The fraction of sp³-hybridized carbons (Fsp3) is 0.125. The number of hydrogen-bond donors (Lipinski definition) is 2. The van der Waals surface area contributed by atoms with Crippen molar-refractivity contribution in [2.24, 2.45) is 0 Å². The molecule has 0 saturated heterocycles. The Hall–Kier alpha value is -1.43. The summed E-state index contributed by atoms with van der Waals surface area (Å²) in [4.78, 5) is 10.0. The highest BCUT2D eigenvalue weighted by molar-refractivity contribution is 6.31. The number of aromatic hydroxyl groups is 1. The second kappa shape index (κ2) is 3.98. The van der Waals surface area contributed by atoms with Gasteiger partial charge in [-0.15, -0.1) is 0 Å². The monoisotopic (exact) mass is 239 g/mol. The van der Waals surface area contributed by atoms with Gasteiger partial charge in [0.2, 0.25) is 6.41 Å². The fourth-order valence-corrected chi connectivity index (χ4v) is 1.22. The molecule has 0 aromatic heterocycles. The molecule has 0 aliphatic rings. The van der Waals surface area contributed by atoms with Gasteiger partial charge in [-0.3, -0.25) is 4.79 Å². The van der Waals surface area contributed by atoms with Crippen LogP contribution in [0.2, 0.25) is 5.02 Å². The van der Waals surface area contributed by atoms with E-state index >= 15 is 0 Å². The van der Waals surface area contributed by atoms with Crippen LogP contribution in [-0.2, 0) is 11.0 Å². The molecule has 0 bridgehead atoms. The molecule has 82 valence electrons. The van der Waals surface area contributed by atoms with Crippen molar-refractivity contribution in [1.29, 1.82) is 0 Å². The number of carbonyl (C=O) groups is 1. The summed E-state index contributed by atoms with van der Waals surface area (Å²) >= 11 is 5.29. The van der Waals surface area contributed by atoms with Crippen molar-refractivity contribution in [3.05, 3.63) is 22.7 Å². The van der Waals surface area contributed by atoms with Crippen molar-refractivity contribution in [1.82, 2.24) is 0 Å². The third-order valence-electron chi connectivity index (χ3n) is 1.61. The minimum Gasteiger partial charge on any atom is -0.506 e. The van der Waals surface area contributed by atoms with Gasteiger partial charge < -0.3 is 10.4 Å². The zero-order chi connectivity index (χ0) is 11.6. The molecule has 2 N–H and O–H groups in total. The molecule has 1 amide bonds. The highest BCUT2D eigenvalue weighted by atomic mass is 35.5. The van der Waals surface area contributed by atoms with E-state index in [0.29, 0.717) is 6.07 Å². The molecule has 0 spiro atoms. The molecule has 1 rings (SSSR count). The Kier molecular flexibility index (Phi) is 3.09. The summed E-state index contributed by atoms with van der Waals surface area (Å²) in [6.07, 6.45) is -4.48. The van der Waals surface area contributed by atoms with Crippen LogP contribution in [0.1, 0.15) is 5.56 Å². The number of hydrogen-bond acceptors (Lipinski definition) is 2. The molecule has 0 radical (unpaired) electrons. The number of rotatable bonds is 2. The number of alkyl halides is 3. The first-order valence-electron chi connectivity index (χ1n) is 3.66. The fourth-order valence-electron chi connectivity index (χ4n) is 0.959. The maximum Gasteiger partial charge on any atom is 0.417 e. The van der Waals surface area contributed by atoms with E-state index in [0.717, 1.165) is 6.07 Å². The van der Waals surface area contributed by atoms with Gasteiger partial charge in [-0.25, -0.2) is 0 Å². The quantitative estimate of drug-likeness (QED) is 0.616. The highest BCUT2D eigenvalue weighted by Gasteiger charge is 2.34. The minimum atomic E-state index is -4.63. The van der Waals surface area contributed by atoms with Crippen molar-refractivity contribution in [2.45, 2.75) is 6.18 Å². The number of carbonyl (C=O) groups excluding carboxylic acids is 1. The first kappa shape index (κ1) is 11.6. The summed E-state index contributed by atoms with van der Waals surface area (Å²) in [7, 11) is 0. The molecular formula is C8H5ClF3NO2. The lowest BCUT2D eigenvalue weighted by Crippen LogP contribution is -2.07. The lowest BCUT2D eigenvalue weighted by molar-refractivity contribution is -0.137. The molecule has 3 nitrogen and oxygen atoms in total. The molecular weight excluding hydrogens is 235 g/mol. The van der Waals surface area contributed by atoms with Gasteiger partial charge in [-0.05, 0) is 6.07 Å². The third kappa shape index (κ3) is 2.53. The molecule has 1 aromatic carbocycles. The minimum absolute atomic E-state index is 0.156. The SMILES string of the molecule is O=CNc1cc(C(F)(F)F)c(Cl)cc1O. The van der Waals surface area contributed by atoms with Crippen LogP contribution in [0.4, 0.5) is 18.9 Å². The van der Waals surface area contributed by atoms with E-state index in [9.17, 15) is 18.0 Å². The maximum atomic E-state index is 12.3. The van der Waals surface area contributed by atoms with Crippen molar-refractivity contribution in [2.75, 3.05) is 5.32 Å². The van der Waals surface area contributed by atoms with Crippen LogP contribution in [0.5, 0.6) is 5.75 Å². The van der Waals surface area contributed by atoms with Crippen LogP contribution in [0.3, 0.4) is 0 Å². The van der Waals surface area contributed by atoms with E-state index in [4.69, 9.17) is 16.7 Å². The lowest BCUT2D eigenvalue weighted by atomic mass is 10.2. The van der Waals surface area contributed by atoms with Crippen molar-refractivity contribution in [3.8, 4) is 5.75 Å². The second-order valence-corrected chi connectivity index (χ2v) is 3.02. The molecule has 15 heavy (non-hydrogen) atoms. The summed E-state index contributed by atoms with van der Waals surface area (Å²) in [5.41, 5.74) is -1.46. The number of benzene rings is 1. The molecule has 0 aliphatic heterocycles. The van der Waals surface area contributed by atoms with E-state index in [1.54, 1.807) is 0 Å². The van der Waals surface area contributed by atoms with Gasteiger partial charge >= 0.3 is 6.18 Å². The number of halogens is 4. The average Bonchev–Trinajstić information content (AvgIpc) is 2.07. The maximum absolute atomic E-state index is 12.3. The standard InChI is InChI=1S/C8H5ClF3NO2/c9-5-2-7(15)6(13-3-14)1-4(5)8(10,11)12/h1-3,15H,(H,13,14). The number of nitrogens with one attached hydrogen (secondary N) is 1. The highest BCUT2D eigenvalue weighted by Crippen LogP contribution is 2.39. The Labute approximate surface area is 87.5 Å². The van der Waals surface area contributed by atoms with E-state index < -0.39 is 22.5 Å². The molecule has 0 fully saturated rings. The number of amides is 1. The van der Waals surface area contributed by atoms with Crippen LogP contribution in [0, 0.1) is 0 Å². The smallest absolute Gasteiger partial charge is 0.417 e. The summed E-state index contributed by atoms with van der Waals surface area (Å²) in [5.74, 6) is -0.528. The molecule has 0 heterocycles. The lowest BCUT2D eigenvalue weighted by Gasteiger charge is -2.11. The molecule has 0 unspecified atom stereocenters. The third-order valence-corrected chi connectivity index (χ3v) is 1.92. The molecule has 0 atom stereocenters. The summed E-state index contributed by atoms with van der Waals surface area (Å²) in [6.45, 7) is 0. The average molecular weight is 240 g/mol. The number of phenolic OH excluding ortho intramolecular Hbond substituents is 1. The molecule has 1 aromatic rings. The Bertz CT molecular complexity index is 392. The van der Waals surface area contributed by atoms with Crippen LogP contribution in [-0.4, -0.2) is 11.5 Å².